The van der Waals surface area contributed by atoms with Crippen molar-refractivity contribution in [3.8, 4) is 0 Å². The molecule has 1 aromatic rings. The molecule has 0 spiro atoms. The number of nitrogens with one attached hydrogen (secondary N) is 1. The Bertz CT molecular complexity index is 360. The third-order valence-corrected chi connectivity index (χ3v) is 2.46. The molecule has 1 aliphatic rings. The quantitative estimate of drug-likeness (QED) is 0.684. The summed E-state index contributed by atoms with van der Waals surface area (Å²) in [6.07, 6.45) is 0. The smallest absolute Gasteiger partial charge is 0.336 e. The fraction of sp³-hybridized carbons (Fsp3) is 0.300. The van der Waals surface area contributed by atoms with Crippen LogP contribution in [0.4, 0.5) is 0 Å². The second-order valence-corrected chi connectivity index (χ2v) is 3.29. The zero-order chi connectivity index (χ0) is 9.42. The molecule has 0 saturated heterocycles. The number of benzene rings is 1. The Balaban J connectivity index is 2.60. The first-order chi connectivity index (χ1) is 6.20. The van der Waals surface area contributed by atoms with Crippen LogP contribution >= 0.6 is 0 Å². The summed E-state index contributed by atoms with van der Waals surface area (Å²) in [6.45, 7) is 2.76. The molecule has 1 unspecified atom stereocenters. The minimum Gasteiger partial charge on any atom is -0.478 e. The molecule has 0 aromatic heterocycles. The predicted octanol–water partition coefficient (Wildman–Crippen LogP) is 1.55. The summed E-state index contributed by atoms with van der Waals surface area (Å²) in [4.78, 5) is 10.9. The monoisotopic (exact) mass is 177 g/mol. The molecule has 1 aromatic carbocycles. The van der Waals surface area contributed by atoms with Gasteiger partial charge in [-0.25, -0.2) is 4.79 Å². The normalized spacial score (nSPS) is 19.9. The summed E-state index contributed by atoms with van der Waals surface area (Å²) in [5, 5.41) is 12.2. The SMILES string of the molecule is CC1NCc2cccc(C(=O)O)c21. The number of aromatic carboxylic acids is 1. The van der Waals surface area contributed by atoms with Crippen LogP contribution in [0, 0.1) is 0 Å². The topological polar surface area (TPSA) is 49.3 Å². The Morgan fingerprint density at radius 1 is 1.62 bits per heavy atom. The van der Waals surface area contributed by atoms with Crippen molar-refractivity contribution in [1.29, 1.82) is 0 Å². The third kappa shape index (κ3) is 1.21. The molecule has 1 heterocycles. The highest BCUT2D eigenvalue weighted by Gasteiger charge is 2.23. The lowest BCUT2D eigenvalue weighted by atomic mass is 9.99. The van der Waals surface area contributed by atoms with Gasteiger partial charge in [0, 0.05) is 12.6 Å². The van der Waals surface area contributed by atoms with Crippen molar-refractivity contribution in [1.82, 2.24) is 5.32 Å². The Morgan fingerprint density at radius 3 is 3.08 bits per heavy atom. The lowest BCUT2D eigenvalue weighted by Crippen LogP contribution is -2.10. The van der Waals surface area contributed by atoms with Crippen LogP contribution in [-0.4, -0.2) is 11.1 Å². The molecule has 3 heteroatoms. The molecule has 68 valence electrons. The van der Waals surface area contributed by atoms with E-state index in [1.54, 1.807) is 12.1 Å². The van der Waals surface area contributed by atoms with Gasteiger partial charge in [0.05, 0.1) is 5.56 Å². The van der Waals surface area contributed by atoms with Crippen LogP contribution < -0.4 is 5.32 Å². The first kappa shape index (κ1) is 8.26. The van der Waals surface area contributed by atoms with Crippen molar-refractivity contribution >= 4 is 5.97 Å². The van der Waals surface area contributed by atoms with Crippen LogP contribution in [0.25, 0.3) is 0 Å². The van der Waals surface area contributed by atoms with Gasteiger partial charge in [0.2, 0.25) is 0 Å². The molecule has 13 heavy (non-hydrogen) atoms. The van der Waals surface area contributed by atoms with Gasteiger partial charge in [-0.1, -0.05) is 12.1 Å². The number of carbonyl (C=O) groups is 1. The van der Waals surface area contributed by atoms with E-state index in [9.17, 15) is 4.79 Å². The lowest BCUT2D eigenvalue weighted by molar-refractivity contribution is 0.0695. The lowest BCUT2D eigenvalue weighted by Gasteiger charge is -2.07. The number of fused-ring (bicyclic) bond motifs is 1. The molecular formula is C10H11NO2. The minimum atomic E-state index is -0.840. The average molecular weight is 177 g/mol. The standard InChI is InChI=1S/C10H11NO2/c1-6-9-7(5-11-6)3-2-4-8(9)10(12)13/h2-4,6,11H,5H2,1H3,(H,12,13). The van der Waals surface area contributed by atoms with Crippen LogP contribution in [0.5, 0.6) is 0 Å². The molecule has 0 fully saturated rings. The first-order valence-electron chi connectivity index (χ1n) is 4.28. The van der Waals surface area contributed by atoms with E-state index in [1.165, 1.54) is 0 Å². The van der Waals surface area contributed by atoms with Gasteiger partial charge in [0.1, 0.15) is 0 Å². The highest BCUT2D eigenvalue weighted by molar-refractivity contribution is 5.90. The molecule has 0 radical (unpaired) electrons. The molecule has 0 aliphatic carbocycles. The number of carboxylic acid groups (broad SMARTS) is 1. The maximum Gasteiger partial charge on any atom is 0.336 e. The highest BCUT2D eigenvalue weighted by Crippen LogP contribution is 2.27. The second kappa shape index (κ2) is 2.85. The van der Waals surface area contributed by atoms with Gasteiger partial charge in [-0.2, -0.15) is 0 Å². The minimum absolute atomic E-state index is 0.155. The van der Waals surface area contributed by atoms with E-state index in [2.05, 4.69) is 5.32 Å². The number of hydrogen-bond acceptors (Lipinski definition) is 2. The zero-order valence-corrected chi connectivity index (χ0v) is 7.37. The highest BCUT2D eigenvalue weighted by atomic mass is 16.4. The average Bonchev–Trinajstić information content (AvgIpc) is 2.48. The molecule has 2 rings (SSSR count). The van der Waals surface area contributed by atoms with Crippen LogP contribution in [0.2, 0.25) is 0 Å². The summed E-state index contributed by atoms with van der Waals surface area (Å²) >= 11 is 0. The van der Waals surface area contributed by atoms with E-state index in [-0.39, 0.29) is 6.04 Å². The molecule has 3 nitrogen and oxygen atoms in total. The third-order valence-electron chi connectivity index (χ3n) is 2.46. The maximum absolute atomic E-state index is 10.9. The number of hydrogen-bond donors (Lipinski definition) is 2. The summed E-state index contributed by atoms with van der Waals surface area (Å²) < 4.78 is 0. The molecule has 2 N–H and O–H groups in total. The largest absolute Gasteiger partial charge is 0.478 e. The van der Waals surface area contributed by atoms with Crippen LogP contribution in [0.15, 0.2) is 18.2 Å². The van der Waals surface area contributed by atoms with Crippen molar-refractivity contribution in [2.24, 2.45) is 0 Å². The Hall–Kier alpha value is -1.35. The van der Waals surface area contributed by atoms with Gasteiger partial charge in [0.15, 0.2) is 0 Å². The summed E-state index contributed by atoms with van der Waals surface area (Å²) in [5.41, 5.74) is 2.47. The van der Waals surface area contributed by atoms with Crippen LogP contribution in [0.1, 0.15) is 34.5 Å². The van der Waals surface area contributed by atoms with Crippen molar-refractivity contribution in [3.63, 3.8) is 0 Å². The van der Waals surface area contributed by atoms with Crippen molar-refractivity contribution in [3.05, 3.63) is 34.9 Å². The van der Waals surface area contributed by atoms with Crippen LogP contribution in [-0.2, 0) is 6.54 Å². The van der Waals surface area contributed by atoms with E-state index in [4.69, 9.17) is 5.11 Å². The summed E-state index contributed by atoms with van der Waals surface area (Å²) in [7, 11) is 0. The number of carboxylic acids is 1. The van der Waals surface area contributed by atoms with Crippen molar-refractivity contribution < 1.29 is 9.90 Å². The van der Waals surface area contributed by atoms with E-state index < -0.39 is 5.97 Å². The Morgan fingerprint density at radius 2 is 2.38 bits per heavy atom. The van der Waals surface area contributed by atoms with Gasteiger partial charge in [-0.05, 0) is 24.1 Å². The zero-order valence-electron chi connectivity index (χ0n) is 7.37. The van der Waals surface area contributed by atoms with Gasteiger partial charge >= 0.3 is 5.97 Å². The molecular weight excluding hydrogens is 166 g/mol. The van der Waals surface area contributed by atoms with E-state index in [0.29, 0.717) is 5.56 Å². The van der Waals surface area contributed by atoms with Gasteiger partial charge in [0.25, 0.3) is 0 Å². The summed E-state index contributed by atoms with van der Waals surface area (Å²) in [5.74, 6) is -0.840. The van der Waals surface area contributed by atoms with Gasteiger partial charge < -0.3 is 10.4 Å². The second-order valence-electron chi connectivity index (χ2n) is 3.29. The van der Waals surface area contributed by atoms with E-state index in [0.717, 1.165) is 17.7 Å². The molecule has 0 saturated carbocycles. The summed E-state index contributed by atoms with van der Waals surface area (Å²) in [6, 6.07) is 5.58. The molecule has 1 atom stereocenters. The fourth-order valence-corrected chi connectivity index (χ4v) is 1.83. The fourth-order valence-electron chi connectivity index (χ4n) is 1.83. The molecule has 0 bridgehead atoms. The van der Waals surface area contributed by atoms with Crippen molar-refractivity contribution in [2.45, 2.75) is 19.5 Å². The predicted molar refractivity (Wildman–Crippen MR) is 48.7 cm³/mol. The van der Waals surface area contributed by atoms with Crippen LogP contribution in [0.3, 0.4) is 0 Å². The van der Waals surface area contributed by atoms with Crippen molar-refractivity contribution in [2.75, 3.05) is 0 Å². The van der Waals surface area contributed by atoms with Gasteiger partial charge in [-0.3, -0.25) is 0 Å². The number of rotatable bonds is 1. The van der Waals surface area contributed by atoms with E-state index >= 15 is 0 Å². The Kier molecular flexibility index (Phi) is 1.81. The molecule has 0 amide bonds. The van der Waals surface area contributed by atoms with Gasteiger partial charge in [-0.15, -0.1) is 0 Å². The Labute approximate surface area is 76.4 Å². The first-order valence-corrected chi connectivity index (χ1v) is 4.28. The maximum atomic E-state index is 10.9. The van der Waals surface area contributed by atoms with E-state index in [1.807, 2.05) is 13.0 Å². The molecule has 1 aliphatic heterocycles.